The smallest absolute Gasteiger partial charge is 0.331 e. The molecule has 0 saturated heterocycles. The number of carbonyl (C=O) groups is 2. The maximum absolute atomic E-state index is 13.0. The van der Waals surface area contributed by atoms with Gasteiger partial charge in [-0.3, -0.25) is 4.79 Å². The Morgan fingerprint density at radius 1 is 1.07 bits per heavy atom. The summed E-state index contributed by atoms with van der Waals surface area (Å²) in [6.07, 6.45) is 4.04. The highest BCUT2D eigenvalue weighted by molar-refractivity contribution is 7.96. The van der Waals surface area contributed by atoms with E-state index in [0.717, 1.165) is 28.4 Å². The van der Waals surface area contributed by atoms with Gasteiger partial charge in [0.2, 0.25) is 5.78 Å². The fourth-order valence-electron chi connectivity index (χ4n) is 3.23. The van der Waals surface area contributed by atoms with Crippen LogP contribution in [0.3, 0.4) is 0 Å². The zero-order chi connectivity index (χ0) is 19.6. The maximum Gasteiger partial charge on any atom is 0.331 e. The molecule has 0 unspecified atom stereocenters. The molecule has 2 aromatic carbocycles. The Balaban J connectivity index is 2.10. The average Bonchev–Trinajstić information content (AvgIpc) is 2.97. The molecule has 140 valence electrons. The van der Waals surface area contributed by atoms with E-state index in [1.807, 2.05) is 42.8 Å². The first-order chi connectivity index (χ1) is 12.9. The quantitative estimate of drug-likeness (QED) is 0.214. The van der Waals surface area contributed by atoms with Gasteiger partial charge in [-0.25, -0.2) is 4.79 Å². The normalized spacial score (nSPS) is 12.1. The molecule has 0 radical (unpaired) electrons. The van der Waals surface area contributed by atoms with Crippen LogP contribution in [0.5, 0.6) is 0 Å². The van der Waals surface area contributed by atoms with E-state index in [-0.39, 0.29) is 22.4 Å². The van der Waals surface area contributed by atoms with Crippen LogP contribution in [-0.4, -0.2) is 40.3 Å². The Labute approximate surface area is 161 Å². The van der Waals surface area contributed by atoms with Crippen LogP contribution in [0.15, 0.2) is 47.6 Å². The number of rotatable bonds is 6. The molecule has 27 heavy (non-hydrogen) atoms. The highest BCUT2D eigenvalue weighted by Gasteiger charge is 2.22. The molecule has 5 nitrogen and oxygen atoms in total. The van der Waals surface area contributed by atoms with E-state index in [4.69, 9.17) is 4.84 Å². The summed E-state index contributed by atoms with van der Waals surface area (Å²) in [6.45, 7) is 4.23. The summed E-state index contributed by atoms with van der Waals surface area (Å²) in [5.41, 5.74) is 3.08. The Morgan fingerprint density at radius 3 is 2.44 bits per heavy atom. The van der Waals surface area contributed by atoms with Crippen molar-refractivity contribution in [2.75, 3.05) is 18.3 Å². The number of aryl methyl sites for hydroxylation is 1. The predicted molar refractivity (Wildman–Crippen MR) is 113 cm³/mol. The zero-order valence-corrected chi connectivity index (χ0v) is 16.8. The van der Waals surface area contributed by atoms with E-state index in [9.17, 15) is 9.59 Å². The molecule has 1 aromatic heterocycles. The Kier molecular flexibility index (Phi) is 5.65. The second kappa shape index (κ2) is 7.96. The van der Waals surface area contributed by atoms with Crippen LogP contribution in [0.4, 0.5) is 0 Å². The van der Waals surface area contributed by atoms with E-state index < -0.39 is 5.97 Å². The van der Waals surface area contributed by atoms with E-state index >= 15 is 0 Å². The van der Waals surface area contributed by atoms with Gasteiger partial charge in [0.25, 0.3) is 0 Å². The molecule has 0 aliphatic carbocycles. The number of hydrogen-bond donors (Lipinski definition) is 0. The fourth-order valence-corrected chi connectivity index (χ4v) is 3.96. The Hall–Kier alpha value is -2.60. The van der Waals surface area contributed by atoms with Crippen LogP contribution >= 0.6 is 0 Å². The summed E-state index contributed by atoms with van der Waals surface area (Å²) in [7, 11) is -0.0484. The second-order valence-electron chi connectivity index (χ2n) is 6.57. The van der Waals surface area contributed by atoms with Crippen molar-refractivity contribution in [1.29, 1.82) is 0 Å². The highest BCUT2D eigenvalue weighted by atomic mass is 32.2. The van der Waals surface area contributed by atoms with Gasteiger partial charge < -0.3 is 9.40 Å². The first-order valence-corrected chi connectivity index (χ1v) is 11.0. The molecular weight excluding hydrogens is 360 g/mol. The molecule has 0 fully saturated rings. The van der Waals surface area contributed by atoms with Gasteiger partial charge in [0.1, 0.15) is 0 Å². The van der Waals surface area contributed by atoms with Gasteiger partial charge >= 0.3 is 5.97 Å². The fraction of sp³-hybridized carbons (Fsp3) is 0.286. The van der Waals surface area contributed by atoms with E-state index in [2.05, 4.69) is 28.8 Å². The number of benzene rings is 2. The summed E-state index contributed by atoms with van der Waals surface area (Å²) < 4.78 is 2.24. The van der Waals surface area contributed by atoms with Crippen molar-refractivity contribution in [2.24, 2.45) is 5.16 Å². The number of para-hydroxylation sites is 1. The summed E-state index contributed by atoms with van der Waals surface area (Å²) in [6, 6.07) is 13.9. The Bertz CT molecular complexity index is 1050. The highest BCUT2D eigenvalue weighted by Crippen LogP contribution is 2.29. The van der Waals surface area contributed by atoms with Gasteiger partial charge in [0, 0.05) is 40.8 Å². The first kappa shape index (κ1) is 19.2. The van der Waals surface area contributed by atoms with Gasteiger partial charge in [-0.1, -0.05) is 23.4 Å². The van der Waals surface area contributed by atoms with Gasteiger partial charge in [0.15, 0.2) is 11.5 Å². The molecule has 0 aliphatic rings. The molecule has 0 saturated carbocycles. The van der Waals surface area contributed by atoms with Crippen LogP contribution < -0.4 is 0 Å². The number of oxime groups is 1. The van der Waals surface area contributed by atoms with Gasteiger partial charge in [-0.05, 0) is 42.1 Å². The zero-order valence-electron chi connectivity index (χ0n) is 16.0. The van der Waals surface area contributed by atoms with E-state index in [0.29, 0.717) is 11.3 Å². The lowest BCUT2D eigenvalue weighted by Crippen LogP contribution is -2.24. The van der Waals surface area contributed by atoms with Crippen LogP contribution in [0.1, 0.15) is 24.2 Å². The van der Waals surface area contributed by atoms with Crippen LogP contribution in [0.25, 0.3) is 21.8 Å². The van der Waals surface area contributed by atoms with Crippen molar-refractivity contribution < 1.29 is 14.4 Å². The number of Topliss-reactive ketones (excluding diaryl/α,β-unsaturated/α-hetero) is 1. The molecule has 6 heteroatoms. The summed E-state index contributed by atoms with van der Waals surface area (Å²) in [5, 5.41) is 5.98. The summed E-state index contributed by atoms with van der Waals surface area (Å²) in [4.78, 5) is 28.9. The van der Waals surface area contributed by atoms with Crippen molar-refractivity contribution in [1.82, 2.24) is 4.57 Å². The number of ketones is 1. The van der Waals surface area contributed by atoms with Crippen molar-refractivity contribution in [2.45, 2.75) is 20.4 Å². The standard InChI is InChI=1S/C21H23N2O3S/c1-5-23-19-9-7-6-8-16(19)17-12-15(10-11-20(17)23)21(25)18(13-27(3)4)22-26-14(2)24/h6-12H,5,13H2,1-4H3/q+1. The summed E-state index contributed by atoms with van der Waals surface area (Å²) >= 11 is 0. The lowest BCUT2D eigenvalue weighted by molar-refractivity contribution is -0.140. The second-order valence-corrected chi connectivity index (χ2v) is 8.83. The van der Waals surface area contributed by atoms with Crippen molar-refractivity contribution in [3.63, 3.8) is 0 Å². The number of fused-ring (bicyclic) bond motifs is 3. The number of hydrogen-bond acceptors (Lipinski definition) is 4. The van der Waals surface area contributed by atoms with E-state index in [1.54, 1.807) is 0 Å². The molecular formula is C21H23N2O3S+. The molecule has 0 aliphatic heterocycles. The molecule has 0 atom stereocenters. The average molecular weight is 383 g/mol. The first-order valence-electron chi connectivity index (χ1n) is 8.76. The topological polar surface area (TPSA) is 60.7 Å². The third-order valence-electron chi connectivity index (χ3n) is 4.32. The molecule has 0 bridgehead atoms. The molecule has 1 heterocycles. The van der Waals surface area contributed by atoms with E-state index in [1.165, 1.54) is 6.92 Å². The molecule has 0 N–H and O–H groups in total. The third kappa shape index (κ3) is 3.90. The number of aromatic nitrogens is 1. The minimum atomic E-state index is -0.533. The lowest BCUT2D eigenvalue weighted by atomic mass is 10.0. The maximum atomic E-state index is 13.0. The van der Waals surface area contributed by atoms with Crippen molar-refractivity contribution in [3.8, 4) is 0 Å². The van der Waals surface area contributed by atoms with Crippen LogP contribution in [0.2, 0.25) is 0 Å². The largest absolute Gasteiger partial charge is 0.341 e. The van der Waals surface area contributed by atoms with Crippen molar-refractivity contribution in [3.05, 3.63) is 48.0 Å². The lowest BCUT2D eigenvalue weighted by Gasteiger charge is -2.05. The van der Waals surface area contributed by atoms with Gasteiger partial charge in [-0.2, -0.15) is 0 Å². The Morgan fingerprint density at radius 2 is 1.78 bits per heavy atom. The SMILES string of the molecule is CCn1c2ccccc2c2cc(C(=O)C(C[S+](C)C)=NOC(C)=O)ccc21. The predicted octanol–water partition coefficient (Wildman–Crippen LogP) is 3.79. The molecule has 0 spiro atoms. The van der Waals surface area contributed by atoms with Crippen LogP contribution in [0, 0.1) is 0 Å². The van der Waals surface area contributed by atoms with Crippen molar-refractivity contribution >= 4 is 50.2 Å². The molecule has 0 amide bonds. The van der Waals surface area contributed by atoms with Gasteiger partial charge in [0.05, 0.1) is 12.5 Å². The minimum Gasteiger partial charge on any atom is -0.341 e. The molecule has 3 rings (SSSR count). The third-order valence-corrected chi connectivity index (χ3v) is 5.17. The number of carbonyl (C=O) groups excluding carboxylic acids is 2. The monoisotopic (exact) mass is 383 g/mol. The molecule has 3 aromatic rings. The van der Waals surface area contributed by atoms with Crippen LogP contribution in [-0.2, 0) is 27.1 Å². The number of nitrogens with zero attached hydrogens (tertiary/aromatic N) is 2. The summed E-state index contributed by atoms with van der Waals surface area (Å²) in [5.74, 6) is -0.262. The van der Waals surface area contributed by atoms with Gasteiger partial charge in [-0.15, -0.1) is 0 Å². The minimum absolute atomic E-state index is 0.0484.